The molecule has 4 aromatic carbocycles. The molecule has 1 unspecified atom stereocenters. The first-order valence-electron chi connectivity index (χ1n) is 11.7. The second-order valence-corrected chi connectivity index (χ2v) is 11.0. The fourth-order valence-electron chi connectivity index (χ4n) is 3.85. The van der Waals surface area contributed by atoms with Crippen LogP contribution in [0.5, 0.6) is 0 Å². The van der Waals surface area contributed by atoms with Gasteiger partial charge in [-0.2, -0.15) is 0 Å². The molecule has 0 spiro atoms. The van der Waals surface area contributed by atoms with Crippen molar-refractivity contribution in [2.75, 3.05) is 10.6 Å². The second-order valence-electron chi connectivity index (χ2n) is 9.77. The summed E-state index contributed by atoms with van der Waals surface area (Å²) in [6, 6.07) is 31.4. The van der Waals surface area contributed by atoms with Crippen LogP contribution in [0.1, 0.15) is 38.0 Å². The average molecular weight is 483 g/mol. The van der Waals surface area contributed by atoms with Crippen molar-refractivity contribution in [1.82, 2.24) is 0 Å². The third-order valence-electron chi connectivity index (χ3n) is 5.42. The fraction of sp³-hybridized carbons (Fsp3) is 0.200. The van der Waals surface area contributed by atoms with Gasteiger partial charge in [0.15, 0.2) is 0 Å². The van der Waals surface area contributed by atoms with Gasteiger partial charge >= 0.3 is 0 Å². The molecule has 0 heterocycles. The quantitative estimate of drug-likeness (QED) is 0.266. The Morgan fingerprint density at radius 2 is 1.43 bits per heavy atom. The molecule has 4 aromatic rings. The fourth-order valence-corrected chi connectivity index (χ4v) is 4.93. The van der Waals surface area contributed by atoms with Gasteiger partial charge < -0.3 is 10.6 Å². The summed E-state index contributed by atoms with van der Waals surface area (Å²) >= 11 is 1.46. The molecule has 0 aliphatic carbocycles. The van der Waals surface area contributed by atoms with Crippen molar-refractivity contribution < 1.29 is 9.59 Å². The van der Waals surface area contributed by atoms with Crippen molar-refractivity contribution in [3.63, 3.8) is 0 Å². The average Bonchev–Trinajstić information content (AvgIpc) is 2.82. The highest BCUT2D eigenvalue weighted by molar-refractivity contribution is 8.00. The highest BCUT2D eigenvalue weighted by Gasteiger charge is 2.23. The predicted molar refractivity (Wildman–Crippen MR) is 147 cm³/mol. The zero-order valence-electron chi connectivity index (χ0n) is 20.2. The van der Waals surface area contributed by atoms with E-state index in [1.54, 1.807) is 0 Å². The van der Waals surface area contributed by atoms with Crippen molar-refractivity contribution in [3.05, 3.63) is 103 Å². The maximum absolute atomic E-state index is 13.5. The first-order chi connectivity index (χ1) is 16.8. The van der Waals surface area contributed by atoms with Crippen molar-refractivity contribution in [3.8, 4) is 0 Å². The molecular formula is C30H30N2O2S. The third-order valence-corrected chi connectivity index (χ3v) is 6.67. The molecule has 2 amide bonds. The topological polar surface area (TPSA) is 58.2 Å². The highest BCUT2D eigenvalue weighted by atomic mass is 32.2. The van der Waals surface area contributed by atoms with Gasteiger partial charge in [0.25, 0.3) is 0 Å². The molecule has 2 N–H and O–H groups in total. The van der Waals surface area contributed by atoms with Crippen LogP contribution in [-0.2, 0) is 9.59 Å². The third kappa shape index (κ3) is 6.96. The van der Waals surface area contributed by atoms with Crippen LogP contribution < -0.4 is 10.6 Å². The summed E-state index contributed by atoms with van der Waals surface area (Å²) in [5.41, 5.74) is 2.32. The zero-order valence-corrected chi connectivity index (χ0v) is 21.1. The second kappa shape index (κ2) is 10.8. The minimum absolute atomic E-state index is 0.0201. The van der Waals surface area contributed by atoms with E-state index in [2.05, 4.69) is 16.7 Å². The number of anilines is 2. The molecule has 5 heteroatoms. The van der Waals surface area contributed by atoms with E-state index in [-0.39, 0.29) is 17.2 Å². The number of carbonyl (C=O) groups excluding carboxylic acids is 2. The van der Waals surface area contributed by atoms with E-state index in [1.807, 2.05) is 112 Å². The zero-order chi connectivity index (χ0) is 24.8. The smallest absolute Gasteiger partial charge is 0.242 e. The lowest BCUT2D eigenvalue weighted by atomic mass is 9.92. The number of thioether (sulfide) groups is 1. The van der Waals surface area contributed by atoms with Gasteiger partial charge in [0.05, 0.1) is 0 Å². The lowest BCUT2D eigenvalue weighted by molar-refractivity contribution is -0.118. The number of amides is 2. The maximum atomic E-state index is 13.5. The van der Waals surface area contributed by atoms with Crippen LogP contribution in [0.25, 0.3) is 10.8 Å². The summed E-state index contributed by atoms with van der Waals surface area (Å²) in [6.07, 6.45) is 0.436. The monoisotopic (exact) mass is 482 g/mol. The minimum Gasteiger partial charge on any atom is -0.326 e. The Bertz CT molecular complexity index is 1330. The molecule has 4 nitrogen and oxygen atoms in total. The number of fused-ring (bicyclic) bond motifs is 1. The van der Waals surface area contributed by atoms with Crippen molar-refractivity contribution >= 4 is 45.7 Å². The Hall–Kier alpha value is -3.57. The first-order valence-corrected chi connectivity index (χ1v) is 12.6. The lowest BCUT2D eigenvalue weighted by Crippen LogP contribution is -2.20. The number of rotatable bonds is 7. The molecular weight excluding hydrogens is 452 g/mol. The molecule has 0 aliphatic rings. The summed E-state index contributed by atoms with van der Waals surface area (Å²) in [4.78, 5) is 26.8. The normalized spacial score (nSPS) is 12.2. The van der Waals surface area contributed by atoms with Gasteiger partial charge in [-0.3, -0.25) is 9.59 Å². The Morgan fingerprint density at radius 3 is 2.17 bits per heavy atom. The van der Waals surface area contributed by atoms with Crippen molar-refractivity contribution in [2.45, 2.75) is 37.3 Å². The Kier molecular flexibility index (Phi) is 7.57. The van der Waals surface area contributed by atoms with Crippen molar-refractivity contribution in [1.29, 1.82) is 0 Å². The molecule has 35 heavy (non-hydrogen) atoms. The highest BCUT2D eigenvalue weighted by Crippen LogP contribution is 2.37. The van der Waals surface area contributed by atoms with Crippen LogP contribution in [0, 0.1) is 5.41 Å². The van der Waals surface area contributed by atoms with Crippen LogP contribution >= 0.6 is 11.8 Å². The molecule has 4 rings (SSSR count). The van der Waals surface area contributed by atoms with E-state index in [1.165, 1.54) is 11.8 Å². The van der Waals surface area contributed by atoms with Crippen LogP contribution in [-0.4, -0.2) is 11.8 Å². The van der Waals surface area contributed by atoms with Crippen LogP contribution in [0.4, 0.5) is 11.4 Å². The van der Waals surface area contributed by atoms with E-state index in [4.69, 9.17) is 0 Å². The molecule has 0 bridgehead atoms. The minimum atomic E-state index is -0.455. The Labute approximate surface area is 211 Å². The summed E-state index contributed by atoms with van der Waals surface area (Å²) in [7, 11) is 0. The van der Waals surface area contributed by atoms with Gasteiger partial charge in [0.1, 0.15) is 5.25 Å². The Balaban J connectivity index is 1.54. The lowest BCUT2D eigenvalue weighted by Gasteiger charge is -2.19. The summed E-state index contributed by atoms with van der Waals surface area (Å²) in [5.74, 6) is -0.119. The van der Waals surface area contributed by atoms with E-state index in [0.29, 0.717) is 6.42 Å². The van der Waals surface area contributed by atoms with Crippen molar-refractivity contribution in [2.24, 2.45) is 5.41 Å². The van der Waals surface area contributed by atoms with Gasteiger partial charge in [-0.25, -0.2) is 0 Å². The Morgan fingerprint density at radius 1 is 0.743 bits per heavy atom. The molecule has 1 atom stereocenters. The van der Waals surface area contributed by atoms with Gasteiger partial charge in [0.2, 0.25) is 11.8 Å². The van der Waals surface area contributed by atoms with E-state index in [0.717, 1.165) is 32.6 Å². The predicted octanol–water partition coefficient (Wildman–Crippen LogP) is 7.69. The van der Waals surface area contributed by atoms with Gasteiger partial charge in [0, 0.05) is 22.7 Å². The summed E-state index contributed by atoms with van der Waals surface area (Å²) in [6.45, 7) is 6.12. The molecule has 0 aromatic heterocycles. The van der Waals surface area contributed by atoms with E-state index < -0.39 is 5.25 Å². The summed E-state index contributed by atoms with van der Waals surface area (Å²) < 4.78 is 0. The summed E-state index contributed by atoms with van der Waals surface area (Å²) in [5, 5.41) is 7.83. The largest absolute Gasteiger partial charge is 0.326 e. The molecule has 178 valence electrons. The number of hydrogen-bond donors (Lipinski definition) is 2. The van der Waals surface area contributed by atoms with Gasteiger partial charge in [-0.1, -0.05) is 87.5 Å². The van der Waals surface area contributed by atoms with E-state index >= 15 is 0 Å². The molecule has 0 saturated carbocycles. The SMILES string of the molecule is CC(C)(C)CC(=O)Nc1cccc(SC(C(=O)Nc2ccc3ccccc3c2)c2ccccc2)c1. The van der Waals surface area contributed by atoms with Gasteiger partial charge in [-0.15, -0.1) is 11.8 Å². The number of hydrogen-bond acceptors (Lipinski definition) is 3. The first kappa shape index (κ1) is 24.6. The van der Waals surface area contributed by atoms with Crippen LogP contribution in [0.15, 0.2) is 102 Å². The van der Waals surface area contributed by atoms with Gasteiger partial charge in [-0.05, 0) is 52.1 Å². The van der Waals surface area contributed by atoms with Crippen LogP contribution in [0.2, 0.25) is 0 Å². The number of benzene rings is 4. The number of nitrogens with one attached hydrogen (secondary N) is 2. The molecule has 0 saturated heterocycles. The standard InChI is InChI=1S/C30H30N2O2S/c1-30(2,3)20-27(33)31-24-14-9-15-26(19-24)35-28(22-11-5-4-6-12-22)29(34)32-25-17-16-21-10-7-8-13-23(21)18-25/h4-19,28H,20H2,1-3H3,(H,31,33)(H,32,34). The number of carbonyl (C=O) groups is 2. The van der Waals surface area contributed by atoms with E-state index in [9.17, 15) is 9.59 Å². The molecule has 0 aliphatic heterocycles. The molecule has 0 radical (unpaired) electrons. The molecule has 0 fully saturated rings. The van der Waals surface area contributed by atoms with Crippen LogP contribution in [0.3, 0.4) is 0 Å². The maximum Gasteiger partial charge on any atom is 0.242 e.